The van der Waals surface area contributed by atoms with Crippen molar-refractivity contribution in [2.75, 3.05) is 13.2 Å². The van der Waals surface area contributed by atoms with Gasteiger partial charge in [0.25, 0.3) is 0 Å². The van der Waals surface area contributed by atoms with Gasteiger partial charge >= 0.3 is 0 Å². The Morgan fingerprint density at radius 2 is 1.81 bits per heavy atom. The van der Waals surface area contributed by atoms with Gasteiger partial charge in [-0.25, -0.2) is 0 Å². The van der Waals surface area contributed by atoms with Gasteiger partial charge in [-0.3, -0.25) is 0 Å². The molecule has 0 saturated carbocycles. The average molecular weight is 224 g/mol. The van der Waals surface area contributed by atoms with Crippen molar-refractivity contribution in [2.24, 2.45) is 5.92 Å². The van der Waals surface area contributed by atoms with E-state index < -0.39 is 0 Å². The van der Waals surface area contributed by atoms with Gasteiger partial charge in [0.1, 0.15) is 0 Å². The molecule has 0 spiro atoms. The second-order valence-electron chi connectivity index (χ2n) is 4.97. The second-order valence-corrected chi connectivity index (χ2v) is 4.97. The summed E-state index contributed by atoms with van der Waals surface area (Å²) in [6, 6.07) is 0. The molecule has 0 aromatic carbocycles. The molecule has 0 aliphatic carbocycles. The summed E-state index contributed by atoms with van der Waals surface area (Å²) < 4.78 is 11.1. The Hall–Kier alpha value is -0.600. The van der Waals surface area contributed by atoms with E-state index in [1.54, 1.807) is 0 Å². The minimum Gasteiger partial charge on any atom is -0.349 e. The van der Waals surface area contributed by atoms with Crippen LogP contribution in [0.3, 0.4) is 0 Å². The van der Waals surface area contributed by atoms with Crippen LogP contribution in [0.4, 0.5) is 0 Å². The highest BCUT2D eigenvalue weighted by Gasteiger charge is 2.16. The summed E-state index contributed by atoms with van der Waals surface area (Å²) in [5, 5.41) is 0. The first-order valence-electron chi connectivity index (χ1n) is 6.12. The quantitative estimate of drug-likeness (QED) is 0.678. The Balaban J connectivity index is 2.29. The van der Waals surface area contributed by atoms with Gasteiger partial charge in [-0.15, -0.1) is 0 Å². The van der Waals surface area contributed by atoms with Crippen LogP contribution in [0.15, 0.2) is 23.3 Å². The van der Waals surface area contributed by atoms with Crippen LogP contribution >= 0.6 is 0 Å². The van der Waals surface area contributed by atoms with Gasteiger partial charge in [0.15, 0.2) is 6.29 Å². The van der Waals surface area contributed by atoms with E-state index in [4.69, 9.17) is 9.47 Å². The predicted octanol–water partition coefficient (Wildman–Crippen LogP) is 3.69. The van der Waals surface area contributed by atoms with Gasteiger partial charge in [0.2, 0.25) is 0 Å². The standard InChI is InChI=1S/C14H24O2/c1-11(2)6-5-7-12(3)8-14-15-9-13(4)10-16-14/h6,8,13-14H,5,7,9-10H2,1-4H3. The number of ether oxygens (including phenoxy) is 2. The third-order valence-electron chi connectivity index (χ3n) is 2.60. The molecule has 0 radical (unpaired) electrons. The SMILES string of the molecule is CC(C)=CCCC(C)=CC1OCC(C)CO1. The Bertz CT molecular complexity index is 254. The number of allylic oxidation sites excluding steroid dienone is 3. The monoisotopic (exact) mass is 224 g/mol. The lowest BCUT2D eigenvalue weighted by Gasteiger charge is -2.25. The van der Waals surface area contributed by atoms with Crippen molar-refractivity contribution in [2.45, 2.75) is 46.8 Å². The first-order valence-corrected chi connectivity index (χ1v) is 6.12. The molecule has 2 heteroatoms. The Morgan fingerprint density at radius 3 is 2.38 bits per heavy atom. The predicted molar refractivity (Wildman–Crippen MR) is 67.3 cm³/mol. The lowest BCUT2D eigenvalue weighted by atomic mass is 10.1. The highest BCUT2D eigenvalue weighted by molar-refractivity contribution is 5.03. The van der Waals surface area contributed by atoms with Crippen molar-refractivity contribution in [3.8, 4) is 0 Å². The van der Waals surface area contributed by atoms with Gasteiger partial charge in [-0.2, -0.15) is 0 Å². The molecule has 1 fully saturated rings. The topological polar surface area (TPSA) is 18.5 Å². The maximum Gasteiger partial charge on any atom is 0.177 e. The van der Waals surface area contributed by atoms with Crippen LogP contribution in [0, 0.1) is 5.92 Å². The molecular weight excluding hydrogens is 200 g/mol. The van der Waals surface area contributed by atoms with Crippen LogP contribution in [0.2, 0.25) is 0 Å². The summed E-state index contributed by atoms with van der Waals surface area (Å²) in [6.07, 6.45) is 6.44. The normalized spacial score (nSPS) is 26.6. The summed E-state index contributed by atoms with van der Waals surface area (Å²) in [7, 11) is 0. The van der Waals surface area contributed by atoms with Crippen LogP contribution in [0.5, 0.6) is 0 Å². The van der Waals surface area contributed by atoms with Crippen molar-refractivity contribution in [1.82, 2.24) is 0 Å². The average Bonchev–Trinajstić information content (AvgIpc) is 2.21. The minimum atomic E-state index is -0.122. The Kier molecular flexibility index (Phi) is 5.78. The molecule has 1 heterocycles. The van der Waals surface area contributed by atoms with Crippen molar-refractivity contribution >= 4 is 0 Å². The highest BCUT2D eigenvalue weighted by atomic mass is 16.7. The minimum absolute atomic E-state index is 0.122. The van der Waals surface area contributed by atoms with E-state index in [1.807, 2.05) is 0 Å². The fourth-order valence-electron chi connectivity index (χ4n) is 1.61. The number of hydrogen-bond acceptors (Lipinski definition) is 2. The van der Waals surface area contributed by atoms with Crippen molar-refractivity contribution in [3.63, 3.8) is 0 Å². The van der Waals surface area contributed by atoms with Crippen LogP contribution in [0.25, 0.3) is 0 Å². The van der Waals surface area contributed by atoms with Gasteiger partial charge in [-0.05, 0) is 39.7 Å². The maximum absolute atomic E-state index is 5.57. The van der Waals surface area contributed by atoms with Crippen molar-refractivity contribution < 1.29 is 9.47 Å². The van der Waals surface area contributed by atoms with Crippen LogP contribution in [0.1, 0.15) is 40.5 Å². The van der Waals surface area contributed by atoms with E-state index in [2.05, 4.69) is 39.8 Å². The van der Waals surface area contributed by atoms with Gasteiger partial charge in [0, 0.05) is 5.92 Å². The van der Waals surface area contributed by atoms with Gasteiger partial charge in [0.05, 0.1) is 13.2 Å². The summed E-state index contributed by atoms with van der Waals surface area (Å²) >= 11 is 0. The molecule has 0 aromatic rings. The van der Waals surface area contributed by atoms with E-state index >= 15 is 0 Å². The lowest BCUT2D eigenvalue weighted by Crippen LogP contribution is -2.29. The first kappa shape index (κ1) is 13.5. The molecule has 0 aromatic heterocycles. The molecule has 92 valence electrons. The molecule has 0 N–H and O–H groups in total. The van der Waals surface area contributed by atoms with Crippen LogP contribution in [-0.4, -0.2) is 19.5 Å². The molecule has 1 saturated heterocycles. The van der Waals surface area contributed by atoms with E-state index in [9.17, 15) is 0 Å². The third kappa shape index (κ3) is 5.47. The molecule has 2 nitrogen and oxygen atoms in total. The Morgan fingerprint density at radius 1 is 1.19 bits per heavy atom. The molecule has 0 amide bonds. The lowest BCUT2D eigenvalue weighted by molar-refractivity contribution is -0.171. The maximum atomic E-state index is 5.57. The third-order valence-corrected chi connectivity index (χ3v) is 2.60. The molecule has 0 atom stereocenters. The highest BCUT2D eigenvalue weighted by Crippen LogP contribution is 2.15. The second kappa shape index (κ2) is 6.87. The summed E-state index contributed by atoms with van der Waals surface area (Å²) in [5.41, 5.74) is 2.73. The van der Waals surface area contributed by atoms with Crippen LogP contribution in [-0.2, 0) is 9.47 Å². The molecule has 1 rings (SSSR count). The Labute approximate surface area is 99.3 Å². The fraction of sp³-hybridized carbons (Fsp3) is 0.714. The van der Waals surface area contributed by atoms with E-state index in [0.29, 0.717) is 5.92 Å². The molecular formula is C14H24O2. The van der Waals surface area contributed by atoms with E-state index in [-0.39, 0.29) is 6.29 Å². The van der Waals surface area contributed by atoms with Gasteiger partial charge < -0.3 is 9.47 Å². The molecule has 16 heavy (non-hydrogen) atoms. The summed E-state index contributed by atoms with van der Waals surface area (Å²) in [4.78, 5) is 0. The largest absolute Gasteiger partial charge is 0.349 e. The number of rotatable bonds is 4. The van der Waals surface area contributed by atoms with Gasteiger partial charge in [-0.1, -0.05) is 24.1 Å². The molecule has 1 aliphatic heterocycles. The number of hydrogen-bond donors (Lipinski definition) is 0. The smallest absolute Gasteiger partial charge is 0.177 e. The molecule has 0 bridgehead atoms. The van der Waals surface area contributed by atoms with E-state index in [0.717, 1.165) is 26.1 Å². The zero-order chi connectivity index (χ0) is 12.0. The molecule has 0 unspecified atom stereocenters. The summed E-state index contributed by atoms with van der Waals surface area (Å²) in [5.74, 6) is 0.524. The summed E-state index contributed by atoms with van der Waals surface area (Å²) in [6.45, 7) is 10.2. The van der Waals surface area contributed by atoms with Crippen LogP contribution < -0.4 is 0 Å². The fourth-order valence-corrected chi connectivity index (χ4v) is 1.61. The zero-order valence-corrected chi connectivity index (χ0v) is 11.0. The zero-order valence-electron chi connectivity index (χ0n) is 11.0. The van der Waals surface area contributed by atoms with Crippen molar-refractivity contribution in [3.05, 3.63) is 23.3 Å². The van der Waals surface area contributed by atoms with Crippen molar-refractivity contribution in [1.29, 1.82) is 0 Å². The first-order chi connectivity index (χ1) is 7.58. The molecule has 1 aliphatic rings. The van der Waals surface area contributed by atoms with E-state index in [1.165, 1.54) is 11.1 Å².